The molecule has 1 N–H and O–H groups in total. The van der Waals surface area contributed by atoms with Crippen LogP contribution in [0.1, 0.15) is 42.5 Å². The van der Waals surface area contributed by atoms with E-state index in [-0.39, 0.29) is 5.78 Å². The van der Waals surface area contributed by atoms with Gasteiger partial charge in [-0.25, -0.2) is 0 Å². The summed E-state index contributed by atoms with van der Waals surface area (Å²) in [6, 6.07) is 15.3. The Bertz CT molecular complexity index is 853. The zero-order valence-electron chi connectivity index (χ0n) is 16.9. The van der Waals surface area contributed by atoms with Crippen LogP contribution < -0.4 is 10.2 Å². The lowest BCUT2D eigenvalue weighted by Crippen LogP contribution is -2.49. The van der Waals surface area contributed by atoms with Crippen LogP contribution in [-0.2, 0) is 4.79 Å². The number of nitrogens with zero attached hydrogens (tertiary/aromatic N) is 1. The van der Waals surface area contributed by atoms with E-state index in [9.17, 15) is 4.79 Å². The fourth-order valence-electron chi connectivity index (χ4n) is 3.67. The topological polar surface area (TPSA) is 32.3 Å². The van der Waals surface area contributed by atoms with E-state index < -0.39 is 0 Å². The Hall–Kier alpha value is -2.39. The Morgan fingerprint density at radius 1 is 1.22 bits per heavy atom. The molecular formula is C24H30N2O. The number of anilines is 1. The maximum atomic E-state index is 12.6. The maximum absolute atomic E-state index is 12.6. The third-order valence-corrected chi connectivity index (χ3v) is 5.24. The summed E-state index contributed by atoms with van der Waals surface area (Å²) in [5.41, 5.74) is 6.54. The first kappa shape index (κ1) is 19.4. The van der Waals surface area contributed by atoms with E-state index in [1.807, 2.05) is 19.1 Å². The summed E-state index contributed by atoms with van der Waals surface area (Å²) in [5, 5.41) is 3.49. The van der Waals surface area contributed by atoms with Gasteiger partial charge in [0.2, 0.25) is 0 Å². The summed E-state index contributed by atoms with van der Waals surface area (Å²) in [6.07, 6.45) is 2.57. The highest BCUT2D eigenvalue weighted by Gasteiger charge is 2.17. The molecule has 1 aliphatic heterocycles. The van der Waals surface area contributed by atoms with E-state index in [0.717, 1.165) is 36.3 Å². The number of piperazine rings is 1. The van der Waals surface area contributed by atoms with Gasteiger partial charge in [0, 0.05) is 43.4 Å². The minimum Gasteiger partial charge on any atom is -0.369 e. The number of hydrogen-bond acceptors (Lipinski definition) is 3. The van der Waals surface area contributed by atoms with Crippen LogP contribution in [0.3, 0.4) is 0 Å². The minimum atomic E-state index is 0.181. The molecule has 27 heavy (non-hydrogen) atoms. The molecule has 1 atom stereocenters. The van der Waals surface area contributed by atoms with Crippen molar-refractivity contribution >= 4 is 23.1 Å². The number of rotatable bonds is 5. The van der Waals surface area contributed by atoms with E-state index >= 15 is 0 Å². The van der Waals surface area contributed by atoms with Crippen LogP contribution >= 0.6 is 0 Å². The van der Waals surface area contributed by atoms with Gasteiger partial charge in [0.05, 0.1) is 0 Å². The Labute approximate surface area is 163 Å². The molecule has 142 valence electrons. The zero-order chi connectivity index (χ0) is 19.4. The SMILES string of the molecule is CCC(=O)/C(=C\c1ccc(N2CCN[C@@H](C)C2)cc1C)c1cccc(C)c1. The molecule has 1 heterocycles. The first-order chi connectivity index (χ1) is 13.0. The summed E-state index contributed by atoms with van der Waals surface area (Å²) in [5.74, 6) is 0.181. The summed E-state index contributed by atoms with van der Waals surface area (Å²) < 4.78 is 0. The quantitative estimate of drug-likeness (QED) is 0.622. The monoisotopic (exact) mass is 362 g/mol. The van der Waals surface area contributed by atoms with Gasteiger partial charge in [0.15, 0.2) is 5.78 Å². The largest absolute Gasteiger partial charge is 0.369 e. The Balaban J connectivity index is 1.94. The van der Waals surface area contributed by atoms with Gasteiger partial charge in [-0.1, -0.05) is 42.8 Å². The van der Waals surface area contributed by atoms with Crippen LogP contribution in [0, 0.1) is 13.8 Å². The van der Waals surface area contributed by atoms with E-state index in [2.05, 4.69) is 67.4 Å². The molecular weight excluding hydrogens is 332 g/mol. The van der Waals surface area contributed by atoms with Gasteiger partial charge in [-0.2, -0.15) is 0 Å². The Kier molecular flexibility index (Phi) is 6.12. The number of Topliss-reactive ketones (excluding diaryl/α,β-unsaturated/α-hetero) is 1. The molecule has 2 aromatic carbocycles. The predicted molar refractivity (Wildman–Crippen MR) is 115 cm³/mol. The molecule has 0 aromatic heterocycles. The van der Waals surface area contributed by atoms with Gasteiger partial charge < -0.3 is 10.2 Å². The van der Waals surface area contributed by atoms with Crippen molar-refractivity contribution in [3.63, 3.8) is 0 Å². The number of carbonyl (C=O) groups is 1. The summed E-state index contributed by atoms with van der Waals surface area (Å²) in [7, 11) is 0. The van der Waals surface area contributed by atoms with E-state index in [1.165, 1.54) is 16.8 Å². The maximum Gasteiger partial charge on any atom is 0.163 e. The molecule has 1 fully saturated rings. The van der Waals surface area contributed by atoms with Crippen molar-refractivity contribution in [1.29, 1.82) is 0 Å². The molecule has 0 unspecified atom stereocenters. The van der Waals surface area contributed by atoms with Crippen LogP contribution in [0.15, 0.2) is 42.5 Å². The zero-order valence-corrected chi connectivity index (χ0v) is 16.9. The predicted octanol–water partition coefficient (Wildman–Crippen LogP) is 4.62. The number of nitrogens with one attached hydrogen (secondary N) is 1. The number of ketones is 1. The van der Waals surface area contributed by atoms with Crippen LogP contribution in [0.25, 0.3) is 11.6 Å². The fraction of sp³-hybridized carbons (Fsp3) is 0.375. The van der Waals surface area contributed by atoms with Crippen molar-refractivity contribution in [3.8, 4) is 0 Å². The lowest BCUT2D eigenvalue weighted by molar-refractivity contribution is -0.113. The molecule has 0 bridgehead atoms. The molecule has 0 saturated carbocycles. The molecule has 1 aliphatic rings. The van der Waals surface area contributed by atoms with E-state index in [1.54, 1.807) is 0 Å². The second-order valence-electron chi connectivity index (χ2n) is 7.55. The van der Waals surface area contributed by atoms with Crippen LogP contribution in [0.2, 0.25) is 0 Å². The number of aryl methyl sites for hydroxylation is 2. The van der Waals surface area contributed by atoms with Crippen LogP contribution in [0.4, 0.5) is 5.69 Å². The van der Waals surface area contributed by atoms with Gasteiger partial charge in [-0.05, 0) is 55.7 Å². The standard InChI is InChI=1S/C24H30N2O/c1-5-24(27)23(21-8-6-7-17(2)13-21)15-20-9-10-22(14-18(20)3)26-12-11-25-19(4)16-26/h6-10,13-15,19,25H,5,11-12,16H2,1-4H3/b23-15-/t19-/m0/s1. The summed E-state index contributed by atoms with van der Waals surface area (Å²) in [4.78, 5) is 15.0. The Morgan fingerprint density at radius 3 is 2.70 bits per heavy atom. The smallest absolute Gasteiger partial charge is 0.163 e. The molecule has 1 saturated heterocycles. The van der Waals surface area contributed by atoms with Gasteiger partial charge in [0.25, 0.3) is 0 Å². The highest BCUT2D eigenvalue weighted by atomic mass is 16.1. The summed E-state index contributed by atoms with van der Waals surface area (Å²) >= 11 is 0. The van der Waals surface area contributed by atoms with Gasteiger partial charge in [0.1, 0.15) is 0 Å². The molecule has 2 aromatic rings. The van der Waals surface area contributed by atoms with E-state index in [4.69, 9.17) is 0 Å². The van der Waals surface area contributed by atoms with Gasteiger partial charge in [-0.15, -0.1) is 0 Å². The fourth-order valence-corrected chi connectivity index (χ4v) is 3.67. The number of benzene rings is 2. The highest BCUT2D eigenvalue weighted by Crippen LogP contribution is 2.26. The molecule has 3 heteroatoms. The number of allylic oxidation sites excluding steroid dienone is 1. The van der Waals surface area contributed by atoms with Crippen molar-refractivity contribution in [2.24, 2.45) is 0 Å². The van der Waals surface area contributed by atoms with Crippen LogP contribution in [0.5, 0.6) is 0 Å². The molecule has 3 nitrogen and oxygen atoms in total. The Morgan fingerprint density at radius 2 is 2.04 bits per heavy atom. The van der Waals surface area contributed by atoms with Crippen molar-refractivity contribution < 1.29 is 4.79 Å². The molecule has 0 aliphatic carbocycles. The lowest BCUT2D eigenvalue weighted by Gasteiger charge is -2.34. The lowest BCUT2D eigenvalue weighted by atomic mass is 9.95. The normalized spacial score (nSPS) is 17.9. The average molecular weight is 363 g/mol. The number of hydrogen-bond donors (Lipinski definition) is 1. The first-order valence-corrected chi connectivity index (χ1v) is 9.89. The number of carbonyl (C=O) groups excluding carboxylic acids is 1. The van der Waals surface area contributed by atoms with Crippen LogP contribution in [-0.4, -0.2) is 31.5 Å². The summed E-state index contributed by atoms with van der Waals surface area (Å²) in [6.45, 7) is 11.4. The highest BCUT2D eigenvalue weighted by molar-refractivity contribution is 6.25. The third-order valence-electron chi connectivity index (χ3n) is 5.24. The molecule has 3 rings (SSSR count). The third kappa shape index (κ3) is 4.67. The molecule has 0 radical (unpaired) electrons. The van der Waals surface area contributed by atoms with Crippen molar-refractivity contribution in [2.75, 3.05) is 24.5 Å². The molecule has 0 spiro atoms. The van der Waals surface area contributed by atoms with E-state index in [0.29, 0.717) is 12.5 Å². The second-order valence-corrected chi connectivity index (χ2v) is 7.55. The second kappa shape index (κ2) is 8.53. The van der Waals surface area contributed by atoms with Gasteiger partial charge in [-0.3, -0.25) is 4.79 Å². The minimum absolute atomic E-state index is 0.181. The van der Waals surface area contributed by atoms with Crippen molar-refractivity contribution in [3.05, 3.63) is 64.7 Å². The van der Waals surface area contributed by atoms with Crippen molar-refractivity contribution in [1.82, 2.24) is 5.32 Å². The first-order valence-electron chi connectivity index (χ1n) is 9.89. The average Bonchev–Trinajstić information content (AvgIpc) is 2.66. The van der Waals surface area contributed by atoms with Gasteiger partial charge >= 0.3 is 0 Å². The van der Waals surface area contributed by atoms with Crippen molar-refractivity contribution in [2.45, 2.75) is 40.2 Å². The molecule has 0 amide bonds.